The summed E-state index contributed by atoms with van der Waals surface area (Å²) in [4.78, 5) is 44.9. The highest BCUT2D eigenvalue weighted by molar-refractivity contribution is 6.39. The van der Waals surface area contributed by atoms with Crippen molar-refractivity contribution in [1.82, 2.24) is 5.32 Å². The summed E-state index contributed by atoms with van der Waals surface area (Å²) < 4.78 is 11.7. The normalized spacial score (nSPS) is 18.8. The van der Waals surface area contributed by atoms with Crippen LogP contribution in [0.15, 0.2) is 115 Å². The Morgan fingerprint density at radius 3 is 2.06 bits per heavy atom. The van der Waals surface area contributed by atoms with E-state index in [1.807, 2.05) is 79.7 Å². The summed E-state index contributed by atoms with van der Waals surface area (Å²) in [6, 6.07) is 35.0. The van der Waals surface area contributed by atoms with E-state index in [9.17, 15) is 14.4 Å². The molecule has 8 nitrogen and oxygen atoms in total. The molecule has 1 saturated heterocycles. The third kappa shape index (κ3) is 6.55. The second-order valence-corrected chi connectivity index (χ2v) is 14.1. The van der Waals surface area contributed by atoms with Crippen LogP contribution in [0.4, 0.5) is 16.2 Å². The lowest BCUT2D eigenvalue weighted by atomic mass is 9.76. The van der Waals surface area contributed by atoms with Gasteiger partial charge in [0.05, 0.1) is 17.8 Å². The Labute approximate surface area is 313 Å². The maximum absolute atomic E-state index is 14.4. The lowest BCUT2D eigenvalue weighted by Gasteiger charge is -2.44. The van der Waals surface area contributed by atoms with Gasteiger partial charge in [0.15, 0.2) is 11.5 Å². The molecule has 0 spiro atoms. The first-order valence-corrected chi connectivity index (χ1v) is 18.2. The highest BCUT2D eigenvalue weighted by Gasteiger charge is 2.40. The van der Waals surface area contributed by atoms with Crippen LogP contribution >= 0.6 is 11.6 Å². The number of benzene rings is 5. The van der Waals surface area contributed by atoms with Crippen LogP contribution in [0.1, 0.15) is 63.6 Å². The zero-order valence-corrected chi connectivity index (χ0v) is 30.2. The second-order valence-electron chi connectivity index (χ2n) is 13.7. The smallest absolute Gasteiger partial charge is 0.335 e. The number of nitrogens with zero attached hydrogens (tertiary/aromatic N) is 2. The van der Waals surface area contributed by atoms with Crippen LogP contribution in [0, 0.1) is 6.92 Å². The fourth-order valence-corrected chi connectivity index (χ4v) is 8.22. The number of halogens is 1. The third-order valence-corrected chi connectivity index (χ3v) is 10.7. The van der Waals surface area contributed by atoms with E-state index in [4.69, 9.17) is 21.1 Å². The van der Waals surface area contributed by atoms with E-state index >= 15 is 0 Å². The Morgan fingerprint density at radius 1 is 0.811 bits per heavy atom. The lowest BCUT2D eigenvalue weighted by molar-refractivity contribution is -0.122. The standard InChI is InChI=1S/C44H38ClN3O5/c1-27-10-9-11-28(20-27)26-53-41-38(45)22-29(23-39(41)52-2)21-37-42(49)46-44(51)48(43(37)50)32-24-35-33(30-12-5-3-6-13-30)16-18-47-19-17-34(36(25-32)40(35)47)31-14-7-4-8-15-31/h3-15,20-25,33-34H,16-19,26H2,1-2H3,(H,46,49,51)/b37-21+/t33-,34-/m1/s1. The number of carbonyl (C=O) groups is 3. The number of carbonyl (C=O) groups excluding carboxylic acids is 3. The largest absolute Gasteiger partial charge is 0.493 e. The van der Waals surface area contributed by atoms with Gasteiger partial charge in [-0.2, -0.15) is 0 Å². The van der Waals surface area contributed by atoms with Crippen LogP contribution < -0.4 is 24.6 Å². The van der Waals surface area contributed by atoms with Crippen molar-refractivity contribution >= 4 is 46.9 Å². The number of ether oxygens (including phenoxy) is 2. The molecule has 5 aromatic rings. The molecule has 0 aromatic heterocycles. The number of nitrogens with one attached hydrogen (secondary N) is 1. The molecule has 0 radical (unpaired) electrons. The first-order chi connectivity index (χ1) is 25.8. The minimum Gasteiger partial charge on any atom is -0.493 e. The van der Waals surface area contributed by atoms with Gasteiger partial charge in [-0.1, -0.05) is 102 Å². The third-order valence-electron chi connectivity index (χ3n) is 10.4. The van der Waals surface area contributed by atoms with E-state index in [1.165, 1.54) is 24.3 Å². The van der Waals surface area contributed by atoms with Gasteiger partial charge in [-0.05, 0) is 83.5 Å². The molecule has 266 valence electrons. The fourth-order valence-electron chi connectivity index (χ4n) is 7.95. The van der Waals surface area contributed by atoms with Gasteiger partial charge in [0, 0.05) is 30.6 Å². The Balaban J connectivity index is 1.19. The van der Waals surface area contributed by atoms with E-state index in [1.54, 1.807) is 12.1 Å². The summed E-state index contributed by atoms with van der Waals surface area (Å²) in [5.74, 6) is -0.705. The molecule has 53 heavy (non-hydrogen) atoms. The summed E-state index contributed by atoms with van der Waals surface area (Å²) in [7, 11) is 1.50. The zero-order chi connectivity index (χ0) is 36.6. The van der Waals surface area contributed by atoms with Gasteiger partial charge in [-0.3, -0.25) is 14.9 Å². The maximum atomic E-state index is 14.4. The summed E-state index contributed by atoms with van der Waals surface area (Å²) in [6.45, 7) is 4.10. The predicted octanol–water partition coefficient (Wildman–Crippen LogP) is 8.78. The van der Waals surface area contributed by atoms with Crippen molar-refractivity contribution in [3.63, 3.8) is 0 Å². The summed E-state index contributed by atoms with van der Waals surface area (Å²) in [5, 5.41) is 2.66. The van der Waals surface area contributed by atoms with Gasteiger partial charge in [-0.25, -0.2) is 9.69 Å². The average molecular weight is 724 g/mol. The van der Waals surface area contributed by atoms with Crippen LogP contribution in [0.5, 0.6) is 11.5 Å². The first kappa shape index (κ1) is 34.2. The number of amides is 4. The number of anilines is 2. The summed E-state index contributed by atoms with van der Waals surface area (Å²) in [5.41, 5.74) is 8.38. The summed E-state index contributed by atoms with van der Waals surface area (Å²) >= 11 is 6.71. The molecule has 3 heterocycles. The van der Waals surface area contributed by atoms with Crippen molar-refractivity contribution in [3.8, 4) is 11.5 Å². The minimum atomic E-state index is -0.796. The monoisotopic (exact) mass is 723 g/mol. The molecule has 2 atom stereocenters. The van der Waals surface area contributed by atoms with Crippen LogP contribution in [-0.2, 0) is 16.2 Å². The molecule has 3 aliphatic rings. The average Bonchev–Trinajstić information content (AvgIpc) is 3.16. The van der Waals surface area contributed by atoms with Crippen molar-refractivity contribution in [1.29, 1.82) is 0 Å². The molecule has 3 aliphatic heterocycles. The number of barbiturate groups is 1. The maximum Gasteiger partial charge on any atom is 0.335 e. The van der Waals surface area contributed by atoms with Gasteiger partial charge < -0.3 is 14.4 Å². The number of aryl methyl sites for hydroxylation is 1. The molecule has 4 amide bonds. The molecular weight excluding hydrogens is 686 g/mol. The number of imide groups is 2. The van der Waals surface area contributed by atoms with E-state index < -0.39 is 17.8 Å². The fraction of sp³-hybridized carbons (Fsp3) is 0.205. The number of hydrogen-bond acceptors (Lipinski definition) is 6. The number of urea groups is 1. The van der Waals surface area contributed by atoms with Crippen LogP contribution in [0.3, 0.4) is 0 Å². The predicted molar refractivity (Wildman–Crippen MR) is 207 cm³/mol. The molecule has 5 aromatic carbocycles. The van der Waals surface area contributed by atoms with E-state index in [0.717, 1.165) is 58.8 Å². The molecule has 9 heteroatoms. The topological polar surface area (TPSA) is 88.2 Å². The second kappa shape index (κ2) is 14.3. The van der Waals surface area contributed by atoms with Crippen LogP contribution in [0.2, 0.25) is 5.02 Å². The molecule has 1 fully saturated rings. The van der Waals surface area contributed by atoms with Crippen LogP contribution in [0.25, 0.3) is 6.08 Å². The lowest BCUT2D eigenvalue weighted by Crippen LogP contribution is -2.54. The number of rotatable bonds is 8. The number of methoxy groups -OCH3 is 1. The number of hydrogen-bond donors (Lipinski definition) is 1. The molecule has 0 saturated carbocycles. The van der Waals surface area contributed by atoms with E-state index in [-0.39, 0.29) is 29.0 Å². The molecule has 0 unspecified atom stereocenters. The van der Waals surface area contributed by atoms with E-state index in [2.05, 4.69) is 34.5 Å². The highest BCUT2D eigenvalue weighted by Crippen LogP contribution is 2.50. The quantitative estimate of drug-likeness (QED) is 0.127. The van der Waals surface area contributed by atoms with Gasteiger partial charge in [-0.15, -0.1) is 0 Å². The van der Waals surface area contributed by atoms with Crippen LogP contribution in [-0.4, -0.2) is 38.0 Å². The van der Waals surface area contributed by atoms with E-state index in [0.29, 0.717) is 22.7 Å². The Bertz CT molecular complexity index is 2200. The van der Waals surface area contributed by atoms with Crippen molar-refractivity contribution < 1.29 is 23.9 Å². The molecule has 8 rings (SSSR count). The molecule has 0 aliphatic carbocycles. The Hall–Kier alpha value is -5.86. The van der Waals surface area contributed by atoms with Gasteiger partial charge in [0.2, 0.25) is 0 Å². The van der Waals surface area contributed by atoms with Crippen molar-refractivity contribution in [2.75, 3.05) is 30.0 Å². The van der Waals surface area contributed by atoms with Gasteiger partial charge in [0.1, 0.15) is 12.2 Å². The summed E-state index contributed by atoms with van der Waals surface area (Å²) in [6.07, 6.45) is 3.22. The Morgan fingerprint density at radius 2 is 1.45 bits per heavy atom. The van der Waals surface area contributed by atoms with Crippen molar-refractivity contribution in [2.45, 2.75) is 38.2 Å². The van der Waals surface area contributed by atoms with Crippen molar-refractivity contribution in [2.24, 2.45) is 0 Å². The first-order valence-electron chi connectivity index (χ1n) is 17.8. The molecule has 1 N–H and O–H groups in total. The molecule has 0 bridgehead atoms. The highest BCUT2D eigenvalue weighted by atomic mass is 35.5. The SMILES string of the molecule is COc1cc(/C=C2\C(=O)NC(=O)N(c3cc4c5c(c3)[C@@H](c3ccccc3)CCN5CC[C@@H]4c3ccccc3)C2=O)cc(Cl)c1OCc1cccc(C)c1. The zero-order valence-electron chi connectivity index (χ0n) is 29.5. The van der Waals surface area contributed by atoms with Gasteiger partial charge in [0.25, 0.3) is 11.8 Å². The Kier molecular flexibility index (Phi) is 9.22. The minimum absolute atomic E-state index is 0.0662. The molecular formula is C44H38ClN3O5. The van der Waals surface area contributed by atoms with Gasteiger partial charge >= 0.3 is 6.03 Å². The van der Waals surface area contributed by atoms with Crippen molar-refractivity contribution in [3.05, 3.63) is 159 Å².